The van der Waals surface area contributed by atoms with Crippen molar-refractivity contribution in [1.82, 2.24) is 9.97 Å². The summed E-state index contributed by atoms with van der Waals surface area (Å²) in [5.41, 5.74) is 19.4. The Bertz CT molecular complexity index is 2800. The molecule has 2 heteroatoms. The second-order valence-corrected chi connectivity index (χ2v) is 14.2. The van der Waals surface area contributed by atoms with Crippen LogP contribution in [0.5, 0.6) is 0 Å². The summed E-state index contributed by atoms with van der Waals surface area (Å²) >= 11 is 0. The minimum atomic E-state index is -0.374. The minimum absolute atomic E-state index is 0.374. The molecule has 258 valence electrons. The standard InChI is InChI=1S/C53H36N2/c1-3-16-35(4-2)50-34-51(36-17-6-5-7-18-36)55-52(54-50)41-22-15-21-39(32-41)37-19-14-20-38(31-37)40-29-30-45-44-25-10-13-28-48(44)53(49(45)33-40)46-26-11-8-23-42(46)43-24-9-12-27-47(43)53/h3-34H,1-2H2/b35-16+. The minimum Gasteiger partial charge on any atom is -0.228 e. The number of hydrogen-bond acceptors (Lipinski definition) is 2. The molecule has 0 fully saturated rings. The van der Waals surface area contributed by atoms with Gasteiger partial charge in [0, 0.05) is 11.1 Å². The van der Waals surface area contributed by atoms with Gasteiger partial charge >= 0.3 is 0 Å². The van der Waals surface area contributed by atoms with E-state index in [2.05, 4.69) is 165 Å². The van der Waals surface area contributed by atoms with Crippen LogP contribution in [0.25, 0.3) is 72.7 Å². The number of aromatic nitrogens is 2. The van der Waals surface area contributed by atoms with Gasteiger partial charge in [0.2, 0.25) is 0 Å². The van der Waals surface area contributed by atoms with Crippen molar-refractivity contribution in [2.45, 2.75) is 5.41 Å². The number of hydrogen-bond donors (Lipinski definition) is 0. The average Bonchev–Trinajstić information content (AvgIpc) is 3.73. The molecule has 8 aromatic rings. The summed E-state index contributed by atoms with van der Waals surface area (Å²) < 4.78 is 0. The van der Waals surface area contributed by atoms with Gasteiger partial charge in [-0.1, -0.05) is 183 Å². The van der Waals surface area contributed by atoms with Crippen LogP contribution in [0.3, 0.4) is 0 Å². The predicted molar refractivity (Wildman–Crippen MR) is 228 cm³/mol. The second-order valence-electron chi connectivity index (χ2n) is 14.2. The van der Waals surface area contributed by atoms with E-state index in [9.17, 15) is 0 Å². The highest BCUT2D eigenvalue weighted by molar-refractivity contribution is 5.96. The molecule has 7 aromatic carbocycles. The van der Waals surface area contributed by atoms with Crippen molar-refractivity contribution in [3.05, 3.63) is 235 Å². The fourth-order valence-corrected chi connectivity index (χ4v) is 8.86. The van der Waals surface area contributed by atoms with Gasteiger partial charge < -0.3 is 0 Å². The van der Waals surface area contributed by atoms with E-state index in [4.69, 9.17) is 9.97 Å². The Balaban J connectivity index is 1.08. The Morgan fingerprint density at radius 1 is 0.418 bits per heavy atom. The molecule has 0 unspecified atom stereocenters. The van der Waals surface area contributed by atoms with Gasteiger partial charge in [-0.25, -0.2) is 9.97 Å². The summed E-state index contributed by atoms with van der Waals surface area (Å²) in [4.78, 5) is 10.1. The van der Waals surface area contributed by atoms with Crippen LogP contribution in [-0.2, 0) is 5.41 Å². The summed E-state index contributed by atoms with van der Waals surface area (Å²) in [5, 5.41) is 0. The van der Waals surface area contributed by atoms with E-state index < -0.39 is 0 Å². The Morgan fingerprint density at radius 2 is 0.909 bits per heavy atom. The van der Waals surface area contributed by atoms with Gasteiger partial charge in [-0.2, -0.15) is 0 Å². The van der Waals surface area contributed by atoms with Gasteiger partial charge in [0.05, 0.1) is 16.8 Å². The SMILES string of the molecule is C=C/C=C(\C=C)c1cc(-c2ccccc2)nc(-c2cccc(-c3cccc(-c4ccc5c(c4)C4(c6ccccc6-c6ccccc64)c4ccccc4-5)c3)c2)n1. The third kappa shape index (κ3) is 5.10. The van der Waals surface area contributed by atoms with Crippen LogP contribution in [0.15, 0.2) is 207 Å². The number of rotatable bonds is 7. The van der Waals surface area contributed by atoms with Gasteiger partial charge in [0.15, 0.2) is 5.82 Å². The quantitative estimate of drug-likeness (QED) is 0.155. The zero-order chi connectivity index (χ0) is 36.9. The molecule has 0 N–H and O–H groups in total. The third-order valence-corrected chi connectivity index (χ3v) is 11.3. The van der Waals surface area contributed by atoms with E-state index in [1.165, 1.54) is 55.6 Å². The van der Waals surface area contributed by atoms with Gasteiger partial charge in [-0.3, -0.25) is 0 Å². The van der Waals surface area contributed by atoms with Gasteiger partial charge in [0.1, 0.15) is 0 Å². The third-order valence-electron chi connectivity index (χ3n) is 11.3. The smallest absolute Gasteiger partial charge is 0.160 e. The maximum atomic E-state index is 5.07. The van der Waals surface area contributed by atoms with Crippen molar-refractivity contribution in [2.24, 2.45) is 0 Å². The maximum absolute atomic E-state index is 5.07. The maximum Gasteiger partial charge on any atom is 0.160 e. The number of allylic oxidation sites excluding steroid dienone is 4. The molecule has 0 saturated carbocycles. The number of benzene rings is 7. The van der Waals surface area contributed by atoms with E-state index >= 15 is 0 Å². The summed E-state index contributed by atoms with van der Waals surface area (Å²) in [7, 11) is 0. The van der Waals surface area contributed by atoms with Crippen molar-refractivity contribution >= 4 is 5.57 Å². The molecular weight excluding hydrogens is 665 g/mol. The van der Waals surface area contributed by atoms with Crippen molar-refractivity contribution in [3.8, 4) is 67.2 Å². The first-order chi connectivity index (χ1) is 27.2. The molecule has 1 aromatic heterocycles. The van der Waals surface area contributed by atoms with Crippen LogP contribution < -0.4 is 0 Å². The average molecular weight is 701 g/mol. The van der Waals surface area contributed by atoms with Crippen LogP contribution in [0.1, 0.15) is 27.9 Å². The van der Waals surface area contributed by atoms with E-state index in [1.54, 1.807) is 6.08 Å². The van der Waals surface area contributed by atoms with Crippen LogP contribution in [0.4, 0.5) is 0 Å². The first kappa shape index (κ1) is 32.5. The highest BCUT2D eigenvalue weighted by Crippen LogP contribution is 2.63. The summed E-state index contributed by atoms with van der Waals surface area (Å²) in [6, 6.07) is 63.6. The van der Waals surface area contributed by atoms with Gasteiger partial charge in [-0.05, 0) is 96.6 Å². The van der Waals surface area contributed by atoms with Crippen LogP contribution >= 0.6 is 0 Å². The van der Waals surface area contributed by atoms with Crippen LogP contribution in [0, 0.1) is 0 Å². The molecule has 2 nitrogen and oxygen atoms in total. The molecule has 0 aliphatic heterocycles. The normalized spacial score (nSPS) is 13.1. The summed E-state index contributed by atoms with van der Waals surface area (Å²) in [6.45, 7) is 7.95. The topological polar surface area (TPSA) is 25.8 Å². The predicted octanol–water partition coefficient (Wildman–Crippen LogP) is 13.2. The summed E-state index contributed by atoms with van der Waals surface area (Å²) in [6.07, 6.45) is 5.51. The molecular formula is C53H36N2. The van der Waals surface area contributed by atoms with E-state index in [1.807, 2.05) is 36.4 Å². The lowest BCUT2D eigenvalue weighted by Gasteiger charge is -2.30. The van der Waals surface area contributed by atoms with Gasteiger partial charge in [0.25, 0.3) is 0 Å². The molecule has 0 saturated heterocycles. The van der Waals surface area contributed by atoms with E-state index in [0.717, 1.165) is 39.2 Å². The monoisotopic (exact) mass is 700 g/mol. The largest absolute Gasteiger partial charge is 0.228 e. The second kappa shape index (κ2) is 13.1. The molecule has 0 atom stereocenters. The Morgan fingerprint density at radius 3 is 1.49 bits per heavy atom. The first-order valence-corrected chi connectivity index (χ1v) is 18.7. The molecule has 2 aliphatic carbocycles. The van der Waals surface area contributed by atoms with Crippen LogP contribution in [-0.4, -0.2) is 9.97 Å². The van der Waals surface area contributed by atoms with E-state index in [0.29, 0.717) is 5.82 Å². The zero-order valence-electron chi connectivity index (χ0n) is 30.3. The molecule has 2 aliphatic rings. The lowest BCUT2D eigenvalue weighted by Crippen LogP contribution is -2.25. The van der Waals surface area contributed by atoms with Gasteiger partial charge in [-0.15, -0.1) is 0 Å². The highest BCUT2D eigenvalue weighted by Gasteiger charge is 2.51. The lowest BCUT2D eigenvalue weighted by atomic mass is 9.70. The fraction of sp³-hybridized carbons (Fsp3) is 0.0189. The van der Waals surface area contributed by atoms with E-state index in [-0.39, 0.29) is 5.41 Å². The molecule has 0 amide bonds. The van der Waals surface area contributed by atoms with Crippen LogP contribution in [0.2, 0.25) is 0 Å². The molecule has 10 rings (SSSR count). The molecule has 55 heavy (non-hydrogen) atoms. The molecule has 1 heterocycles. The fourth-order valence-electron chi connectivity index (χ4n) is 8.86. The number of fused-ring (bicyclic) bond motifs is 10. The van der Waals surface area contributed by atoms with Crippen molar-refractivity contribution in [1.29, 1.82) is 0 Å². The number of nitrogens with zero attached hydrogens (tertiary/aromatic N) is 2. The zero-order valence-corrected chi connectivity index (χ0v) is 30.3. The van der Waals surface area contributed by atoms with Crippen molar-refractivity contribution in [2.75, 3.05) is 0 Å². The Hall–Kier alpha value is -7.16. The highest BCUT2D eigenvalue weighted by atomic mass is 14.9. The van der Waals surface area contributed by atoms with Crippen molar-refractivity contribution in [3.63, 3.8) is 0 Å². The molecule has 0 bridgehead atoms. The lowest BCUT2D eigenvalue weighted by molar-refractivity contribution is 0.794. The first-order valence-electron chi connectivity index (χ1n) is 18.7. The summed E-state index contributed by atoms with van der Waals surface area (Å²) in [5.74, 6) is 0.659. The van der Waals surface area contributed by atoms with Crippen molar-refractivity contribution < 1.29 is 0 Å². The molecule has 1 spiro atoms. The molecule has 0 radical (unpaired) electrons. The Kier molecular flexibility index (Phi) is 7.71. The Labute approximate surface area is 322 Å².